The summed E-state index contributed by atoms with van der Waals surface area (Å²) in [6.07, 6.45) is 0. The fourth-order valence-electron chi connectivity index (χ4n) is 3.53. The molecule has 0 radical (unpaired) electrons. The first-order chi connectivity index (χ1) is 14.5. The van der Waals surface area contributed by atoms with E-state index in [2.05, 4.69) is 15.9 Å². The van der Waals surface area contributed by atoms with Crippen LogP contribution in [-0.4, -0.2) is 67.5 Å². The summed E-state index contributed by atoms with van der Waals surface area (Å²) >= 11 is 0. The van der Waals surface area contributed by atoms with Crippen LogP contribution in [-0.2, 0) is 17.9 Å². The number of methoxy groups -OCH3 is 1. The van der Waals surface area contributed by atoms with Gasteiger partial charge in [0.2, 0.25) is 5.91 Å². The lowest BCUT2D eigenvalue weighted by atomic mass is 10.1. The number of rotatable bonds is 7. The van der Waals surface area contributed by atoms with Crippen molar-refractivity contribution in [2.75, 3.05) is 46.9 Å². The largest absolute Gasteiger partial charge is 0.494 e. The van der Waals surface area contributed by atoms with E-state index < -0.39 is 5.82 Å². The molecule has 2 aromatic carbocycles. The van der Waals surface area contributed by atoms with E-state index in [0.717, 1.165) is 38.3 Å². The van der Waals surface area contributed by atoms with Gasteiger partial charge in [0.05, 0.1) is 25.3 Å². The smallest absolute Gasteiger partial charge is 0.236 e. The second kappa shape index (κ2) is 10.2. The molecular formula is C23H27FN4O2. The molecule has 1 amide bonds. The van der Waals surface area contributed by atoms with Crippen molar-refractivity contribution in [3.63, 3.8) is 0 Å². The number of ether oxygens (including phenoxy) is 1. The van der Waals surface area contributed by atoms with Gasteiger partial charge in [-0.05, 0) is 35.4 Å². The Labute approximate surface area is 177 Å². The summed E-state index contributed by atoms with van der Waals surface area (Å²) < 4.78 is 18.8. The van der Waals surface area contributed by atoms with Crippen molar-refractivity contribution in [2.45, 2.75) is 13.1 Å². The SMILES string of the molecule is COc1ccc(CN(C)C(=O)CN2CCN(Cc3ccc(C#N)cc3)CC2)cc1F. The summed E-state index contributed by atoms with van der Waals surface area (Å²) in [6, 6.07) is 14.6. The third-order valence-electron chi connectivity index (χ3n) is 5.37. The number of amides is 1. The van der Waals surface area contributed by atoms with Gasteiger partial charge < -0.3 is 9.64 Å². The summed E-state index contributed by atoms with van der Waals surface area (Å²) in [6.45, 7) is 5.00. The molecule has 30 heavy (non-hydrogen) atoms. The van der Waals surface area contributed by atoms with Crippen LogP contribution >= 0.6 is 0 Å². The Morgan fingerprint density at radius 3 is 2.33 bits per heavy atom. The zero-order chi connectivity index (χ0) is 21.5. The quantitative estimate of drug-likeness (QED) is 0.702. The average molecular weight is 410 g/mol. The van der Waals surface area contributed by atoms with Crippen molar-refractivity contribution >= 4 is 5.91 Å². The molecule has 7 heteroatoms. The van der Waals surface area contributed by atoms with E-state index in [1.165, 1.54) is 18.7 Å². The van der Waals surface area contributed by atoms with Gasteiger partial charge in [0.25, 0.3) is 0 Å². The molecule has 1 heterocycles. The average Bonchev–Trinajstić information content (AvgIpc) is 2.75. The molecule has 0 aromatic heterocycles. The Hall–Kier alpha value is -2.95. The molecule has 0 bridgehead atoms. The van der Waals surface area contributed by atoms with Crippen LogP contribution in [0, 0.1) is 17.1 Å². The van der Waals surface area contributed by atoms with Crippen molar-refractivity contribution in [3.05, 3.63) is 65.0 Å². The molecule has 2 aromatic rings. The molecule has 1 aliphatic rings. The van der Waals surface area contributed by atoms with Crippen molar-refractivity contribution in [1.29, 1.82) is 5.26 Å². The Kier molecular flexibility index (Phi) is 7.39. The number of benzene rings is 2. The molecule has 1 saturated heterocycles. The Morgan fingerprint density at radius 2 is 1.73 bits per heavy atom. The standard InChI is InChI=1S/C23H27FN4O2/c1-26(15-20-7-8-22(30-2)21(24)13-20)23(29)17-28-11-9-27(10-12-28)16-19-5-3-18(14-25)4-6-19/h3-8,13H,9-12,15-17H2,1-2H3. The second-order valence-electron chi connectivity index (χ2n) is 7.58. The van der Waals surface area contributed by atoms with Crippen LogP contribution in [0.3, 0.4) is 0 Å². The molecule has 0 spiro atoms. The monoisotopic (exact) mass is 410 g/mol. The molecule has 1 fully saturated rings. The number of nitriles is 1. The maximum Gasteiger partial charge on any atom is 0.236 e. The maximum atomic E-state index is 13.8. The molecule has 158 valence electrons. The van der Waals surface area contributed by atoms with E-state index in [9.17, 15) is 9.18 Å². The van der Waals surface area contributed by atoms with Crippen LogP contribution in [0.5, 0.6) is 5.75 Å². The van der Waals surface area contributed by atoms with Gasteiger partial charge >= 0.3 is 0 Å². The van der Waals surface area contributed by atoms with Gasteiger partial charge in [-0.3, -0.25) is 14.6 Å². The van der Waals surface area contributed by atoms with Crippen molar-refractivity contribution in [1.82, 2.24) is 14.7 Å². The minimum atomic E-state index is -0.422. The molecule has 3 rings (SSSR count). The number of halogens is 1. The van der Waals surface area contributed by atoms with Crippen LogP contribution < -0.4 is 4.74 Å². The zero-order valence-corrected chi connectivity index (χ0v) is 17.5. The fourth-order valence-corrected chi connectivity index (χ4v) is 3.53. The number of carbonyl (C=O) groups excluding carboxylic acids is 1. The van der Waals surface area contributed by atoms with Gasteiger partial charge in [-0.25, -0.2) is 4.39 Å². The first kappa shape index (κ1) is 21.8. The van der Waals surface area contributed by atoms with E-state index in [1.54, 1.807) is 24.1 Å². The minimum absolute atomic E-state index is 0.0202. The van der Waals surface area contributed by atoms with Crippen molar-refractivity contribution in [2.24, 2.45) is 0 Å². The van der Waals surface area contributed by atoms with Crippen LogP contribution in [0.2, 0.25) is 0 Å². The number of hydrogen-bond acceptors (Lipinski definition) is 5. The van der Waals surface area contributed by atoms with Gasteiger partial charge in [-0.1, -0.05) is 18.2 Å². The summed E-state index contributed by atoms with van der Waals surface area (Å²) in [4.78, 5) is 18.7. The van der Waals surface area contributed by atoms with Gasteiger partial charge in [0.1, 0.15) is 0 Å². The number of hydrogen-bond donors (Lipinski definition) is 0. The summed E-state index contributed by atoms with van der Waals surface area (Å²) in [5, 5.41) is 8.89. The third kappa shape index (κ3) is 5.78. The highest BCUT2D eigenvalue weighted by molar-refractivity contribution is 5.78. The van der Waals surface area contributed by atoms with Gasteiger partial charge in [-0.2, -0.15) is 5.26 Å². The Balaban J connectivity index is 1.44. The van der Waals surface area contributed by atoms with E-state index >= 15 is 0 Å². The zero-order valence-electron chi connectivity index (χ0n) is 17.5. The summed E-state index contributed by atoms with van der Waals surface area (Å²) in [5.41, 5.74) is 2.59. The number of piperazine rings is 1. The first-order valence-electron chi connectivity index (χ1n) is 9.98. The lowest BCUT2D eigenvalue weighted by Crippen LogP contribution is -2.49. The summed E-state index contributed by atoms with van der Waals surface area (Å²) in [7, 11) is 3.17. The fraction of sp³-hybridized carbons (Fsp3) is 0.391. The third-order valence-corrected chi connectivity index (χ3v) is 5.37. The summed E-state index contributed by atoms with van der Waals surface area (Å²) in [5.74, 6) is -0.201. The Morgan fingerprint density at radius 1 is 1.10 bits per heavy atom. The lowest BCUT2D eigenvalue weighted by Gasteiger charge is -2.35. The molecule has 0 aliphatic carbocycles. The van der Waals surface area contributed by atoms with E-state index in [1.807, 2.05) is 24.3 Å². The number of carbonyl (C=O) groups is 1. The van der Waals surface area contributed by atoms with Crippen molar-refractivity contribution in [3.8, 4) is 11.8 Å². The molecule has 1 aliphatic heterocycles. The first-order valence-corrected chi connectivity index (χ1v) is 9.98. The highest BCUT2D eigenvalue weighted by Crippen LogP contribution is 2.18. The maximum absolute atomic E-state index is 13.8. The van der Waals surface area contributed by atoms with Crippen molar-refractivity contribution < 1.29 is 13.9 Å². The predicted octanol–water partition coefficient (Wildman–Crippen LogP) is 2.48. The molecule has 0 N–H and O–H groups in total. The van der Waals surface area contributed by atoms with E-state index in [4.69, 9.17) is 10.00 Å². The highest BCUT2D eigenvalue weighted by Gasteiger charge is 2.21. The highest BCUT2D eigenvalue weighted by atomic mass is 19.1. The minimum Gasteiger partial charge on any atom is -0.494 e. The normalized spacial score (nSPS) is 14.9. The van der Waals surface area contributed by atoms with Gasteiger partial charge in [0.15, 0.2) is 11.6 Å². The second-order valence-corrected chi connectivity index (χ2v) is 7.58. The van der Waals surface area contributed by atoms with Gasteiger partial charge in [0, 0.05) is 46.3 Å². The van der Waals surface area contributed by atoms with Crippen LogP contribution in [0.25, 0.3) is 0 Å². The van der Waals surface area contributed by atoms with E-state index in [-0.39, 0.29) is 11.7 Å². The molecule has 0 unspecified atom stereocenters. The van der Waals surface area contributed by atoms with Gasteiger partial charge in [-0.15, -0.1) is 0 Å². The van der Waals surface area contributed by atoms with Crippen LogP contribution in [0.1, 0.15) is 16.7 Å². The molecular weight excluding hydrogens is 383 g/mol. The lowest BCUT2D eigenvalue weighted by molar-refractivity contribution is -0.132. The molecule has 0 saturated carbocycles. The van der Waals surface area contributed by atoms with Crippen LogP contribution in [0.4, 0.5) is 4.39 Å². The predicted molar refractivity (Wildman–Crippen MR) is 112 cm³/mol. The van der Waals surface area contributed by atoms with E-state index in [0.29, 0.717) is 18.7 Å². The Bertz CT molecular complexity index is 902. The molecule has 6 nitrogen and oxygen atoms in total. The molecule has 0 atom stereocenters. The number of nitrogens with zero attached hydrogens (tertiary/aromatic N) is 4. The topological polar surface area (TPSA) is 59.8 Å². The van der Waals surface area contributed by atoms with Crippen LogP contribution in [0.15, 0.2) is 42.5 Å². The number of likely N-dealkylation sites (N-methyl/N-ethyl adjacent to an activating group) is 1.